The lowest BCUT2D eigenvalue weighted by atomic mass is 10.2. The van der Waals surface area contributed by atoms with Crippen molar-refractivity contribution in [1.29, 1.82) is 0 Å². The Bertz CT molecular complexity index is 432. The van der Waals surface area contributed by atoms with Crippen LogP contribution in [0.2, 0.25) is 0 Å². The Morgan fingerprint density at radius 3 is 2.44 bits per heavy atom. The van der Waals surface area contributed by atoms with E-state index in [-0.39, 0.29) is 18.1 Å². The van der Waals surface area contributed by atoms with E-state index in [4.69, 9.17) is 0 Å². The SMILES string of the molecule is Cl.FC(F)(F)c1ccccc1NNC1=NCCC1. The van der Waals surface area contributed by atoms with Crippen molar-refractivity contribution in [3.63, 3.8) is 0 Å². The average molecular weight is 280 g/mol. The molecule has 0 saturated carbocycles. The number of nitrogens with one attached hydrogen (secondary N) is 2. The monoisotopic (exact) mass is 279 g/mol. The fraction of sp³-hybridized carbons (Fsp3) is 0.364. The fourth-order valence-corrected chi connectivity index (χ4v) is 1.62. The van der Waals surface area contributed by atoms with Gasteiger partial charge in [0, 0.05) is 13.0 Å². The Kier molecular flexibility index (Phi) is 4.84. The number of benzene rings is 1. The van der Waals surface area contributed by atoms with Crippen molar-refractivity contribution in [1.82, 2.24) is 5.43 Å². The van der Waals surface area contributed by atoms with Gasteiger partial charge in [-0.25, -0.2) is 0 Å². The van der Waals surface area contributed by atoms with Gasteiger partial charge in [-0.2, -0.15) is 13.2 Å². The van der Waals surface area contributed by atoms with Crippen LogP contribution in [0.15, 0.2) is 29.3 Å². The molecule has 0 aliphatic carbocycles. The third-order valence-corrected chi connectivity index (χ3v) is 2.45. The molecule has 1 aromatic rings. The number of hydrazine groups is 1. The van der Waals surface area contributed by atoms with Gasteiger partial charge in [0.05, 0.1) is 11.3 Å². The highest BCUT2D eigenvalue weighted by molar-refractivity contribution is 5.85. The lowest BCUT2D eigenvalue weighted by Crippen LogP contribution is -2.29. The Hall–Kier alpha value is -1.43. The van der Waals surface area contributed by atoms with E-state index in [0.717, 1.165) is 25.5 Å². The van der Waals surface area contributed by atoms with E-state index in [9.17, 15) is 13.2 Å². The first-order valence-electron chi connectivity index (χ1n) is 5.29. The van der Waals surface area contributed by atoms with E-state index in [2.05, 4.69) is 15.8 Å². The zero-order valence-corrected chi connectivity index (χ0v) is 10.2. The van der Waals surface area contributed by atoms with Crippen molar-refractivity contribution in [2.45, 2.75) is 19.0 Å². The van der Waals surface area contributed by atoms with Crippen LogP contribution in [-0.4, -0.2) is 12.4 Å². The van der Waals surface area contributed by atoms with E-state index in [0.29, 0.717) is 5.84 Å². The first-order valence-corrected chi connectivity index (χ1v) is 5.29. The summed E-state index contributed by atoms with van der Waals surface area (Å²) in [5.41, 5.74) is 4.59. The molecule has 0 atom stereocenters. The minimum Gasteiger partial charge on any atom is -0.299 e. The van der Waals surface area contributed by atoms with Crippen molar-refractivity contribution >= 4 is 23.9 Å². The highest BCUT2D eigenvalue weighted by atomic mass is 35.5. The number of nitrogens with zero attached hydrogens (tertiary/aromatic N) is 1. The van der Waals surface area contributed by atoms with E-state index >= 15 is 0 Å². The number of anilines is 1. The van der Waals surface area contributed by atoms with Gasteiger partial charge < -0.3 is 0 Å². The predicted molar refractivity (Wildman–Crippen MR) is 67.0 cm³/mol. The van der Waals surface area contributed by atoms with Crippen molar-refractivity contribution < 1.29 is 13.2 Å². The number of hydrogen-bond donors (Lipinski definition) is 2. The van der Waals surface area contributed by atoms with Crippen LogP contribution in [0, 0.1) is 0 Å². The van der Waals surface area contributed by atoms with Crippen LogP contribution in [0.25, 0.3) is 0 Å². The molecule has 1 aliphatic heterocycles. The highest BCUT2D eigenvalue weighted by Gasteiger charge is 2.33. The van der Waals surface area contributed by atoms with E-state index in [1.54, 1.807) is 6.07 Å². The smallest absolute Gasteiger partial charge is 0.299 e. The molecule has 1 aromatic carbocycles. The van der Waals surface area contributed by atoms with Gasteiger partial charge in [-0.3, -0.25) is 15.8 Å². The second-order valence-corrected chi connectivity index (χ2v) is 3.73. The second kappa shape index (κ2) is 5.95. The molecular weight excluding hydrogens is 267 g/mol. The van der Waals surface area contributed by atoms with Crippen LogP contribution in [0.5, 0.6) is 0 Å². The number of amidine groups is 1. The summed E-state index contributed by atoms with van der Waals surface area (Å²) in [6.45, 7) is 0.727. The maximum atomic E-state index is 12.7. The molecule has 0 aromatic heterocycles. The largest absolute Gasteiger partial charge is 0.418 e. The molecule has 2 rings (SSSR count). The van der Waals surface area contributed by atoms with Crippen LogP contribution in [0.1, 0.15) is 18.4 Å². The van der Waals surface area contributed by atoms with Gasteiger partial charge in [-0.15, -0.1) is 12.4 Å². The number of alkyl halides is 3. The fourth-order valence-electron chi connectivity index (χ4n) is 1.62. The Morgan fingerprint density at radius 2 is 1.83 bits per heavy atom. The van der Waals surface area contributed by atoms with Gasteiger partial charge in [0.15, 0.2) is 0 Å². The van der Waals surface area contributed by atoms with Crippen molar-refractivity contribution in [3.8, 4) is 0 Å². The van der Waals surface area contributed by atoms with Crippen molar-refractivity contribution in [3.05, 3.63) is 29.8 Å². The lowest BCUT2D eigenvalue weighted by Gasteiger charge is -2.15. The number of aliphatic imine (C=N–C) groups is 1. The molecule has 0 saturated heterocycles. The number of hydrogen-bond acceptors (Lipinski definition) is 3. The summed E-state index contributed by atoms with van der Waals surface area (Å²) < 4.78 is 38.0. The highest BCUT2D eigenvalue weighted by Crippen LogP contribution is 2.34. The summed E-state index contributed by atoms with van der Waals surface area (Å²) in [6.07, 6.45) is -2.66. The van der Waals surface area contributed by atoms with Crippen LogP contribution in [0.3, 0.4) is 0 Å². The quantitative estimate of drug-likeness (QED) is 0.816. The number of halogens is 4. The predicted octanol–water partition coefficient (Wildman–Crippen LogP) is 3.24. The standard InChI is InChI=1S/C11H12F3N3.ClH/c12-11(13,14)8-4-1-2-5-9(8)16-17-10-6-3-7-15-10;/h1-2,4-5,16H,3,6-7H2,(H,15,17);1H. The van der Waals surface area contributed by atoms with Gasteiger partial charge in [0.2, 0.25) is 0 Å². The summed E-state index contributed by atoms with van der Waals surface area (Å²) >= 11 is 0. The average Bonchev–Trinajstić information content (AvgIpc) is 2.78. The molecule has 0 radical (unpaired) electrons. The van der Waals surface area contributed by atoms with Crippen LogP contribution in [-0.2, 0) is 6.18 Å². The van der Waals surface area contributed by atoms with Gasteiger partial charge in [-0.1, -0.05) is 12.1 Å². The van der Waals surface area contributed by atoms with E-state index < -0.39 is 11.7 Å². The third kappa shape index (κ3) is 3.53. The van der Waals surface area contributed by atoms with Crippen LogP contribution >= 0.6 is 12.4 Å². The molecule has 0 amide bonds. The van der Waals surface area contributed by atoms with E-state index in [1.165, 1.54) is 12.1 Å². The normalized spacial score (nSPS) is 14.7. The lowest BCUT2D eigenvalue weighted by molar-refractivity contribution is -0.137. The number of rotatable bonds is 2. The molecule has 2 N–H and O–H groups in total. The zero-order valence-electron chi connectivity index (χ0n) is 9.42. The molecular formula is C11H13ClF3N3. The summed E-state index contributed by atoms with van der Waals surface area (Å²) in [4.78, 5) is 4.10. The van der Waals surface area contributed by atoms with Crippen molar-refractivity contribution in [2.24, 2.45) is 4.99 Å². The molecule has 0 spiro atoms. The zero-order chi connectivity index (χ0) is 12.3. The molecule has 0 bridgehead atoms. The molecule has 100 valence electrons. The maximum absolute atomic E-state index is 12.7. The molecule has 3 nitrogen and oxygen atoms in total. The molecule has 7 heteroatoms. The summed E-state index contributed by atoms with van der Waals surface area (Å²) in [5.74, 6) is 0.696. The Balaban J connectivity index is 0.00000162. The third-order valence-electron chi connectivity index (χ3n) is 2.45. The summed E-state index contributed by atoms with van der Waals surface area (Å²) in [7, 11) is 0. The summed E-state index contributed by atoms with van der Waals surface area (Å²) in [5, 5.41) is 0. The van der Waals surface area contributed by atoms with Crippen LogP contribution in [0.4, 0.5) is 18.9 Å². The Labute approximate surface area is 109 Å². The van der Waals surface area contributed by atoms with Crippen molar-refractivity contribution in [2.75, 3.05) is 12.0 Å². The number of para-hydroxylation sites is 1. The van der Waals surface area contributed by atoms with Gasteiger partial charge in [0.1, 0.15) is 5.84 Å². The molecule has 1 heterocycles. The van der Waals surface area contributed by atoms with Gasteiger partial charge >= 0.3 is 6.18 Å². The first-order chi connectivity index (χ1) is 8.07. The van der Waals surface area contributed by atoms with Gasteiger partial charge in [-0.05, 0) is 18.6 Å². The summed E-state index contributed by atoms with van der Waals surface area (Å²) in [6, 6.07) is 5.34. The first kappa shape index (κ1) is 14.6. The Morgan fingerprint density at radius 1 is 1.11 bits per heavy atom. The molecule has 1 aliphatic rings. The molecule has 0 unspecified atom stereocenters. The molecule has 0 fully saturated rings. The van der Waals surface area contributed by atoms with Crippen LogP contribution < -0.4 is 10.9 Å². The molecule has 18 heavy (non-hydrogen) atoms. The topological polar surface area (TPSA) is 36.4 Å². The van der Waals surface area contributed by atoms with Gasteiger partial charge in [0.25, 0.3) is 0 Å². The minimum absolute atomic E-state index is 0. The second-order valence-electron chi connectivity index (χ2n) is 3.73. The maximum Gasteiger partial charge on any atom is 0.418 e. The van der Waals surface area contributed by atoms with E-state index in [1.807, 2.05) is 0 Å². The minimum atomic E-state index is -4.36.